The monoisotopic (exact) mass is 308 g/mol. The summed E-state index contributed by atoms with van der Waals surface area (Å²) in [6, 6.07) is 9.57. The van der Waals surface area contributed by atoms with Gasteiger partial charge in [-0.05, 0) is 23.8 Å². The molecule has 0 heterocycles. The summed E-state index contributed by atoms with van der Waals surface area (Å²) < 4.78 is 24.2. The maximum Gasteiger partial charge on any atom is 0.171 e. The molecular formula is C16H14ClFO3. The summed E-state index contributed by atoms with van der Waals surface area (Å²) in [5, 5.41) is -0.00194. The molecule has 0 aromatic heterocycles. The summed E-state index contributed by atoms with van der Waals surface area (Å²) in [5.74, 6) is -0.0522. The van der Waals surface area contributed by atoms with E-state index in [1.54, 1.807) is 24.3 Å². The number of halogens is 2. The highest BCUT2D eigenvalue weighted by atomic mass is 35.5. The Balaban J connectivity index is 2.35. The first-order valence-electron chi connectivity index (χ1n) is 6.25. The van der Waals surface area contributed by atoms with Crippen molar-refractivity contribution in [3.8, 4) is 11.5 Å². The standard InChI is InChI=1S/C16H14ClFO3/c1-20-14-8-4-6-11(16(14)21-2)13(19)9-10-5-3-7-12(17)15(10)18/h3-8H,9H2,1-2H3. The van der Waals surface area contributed by atoms with E-state index in [4.69, 9.17) is 21.1 Å². The molecule has 0 aliphatic rings. The van der Waals surface area contributed by atoms with Crippen molar-refractivity contribution in [3.05, 3.63) is 58.4 Å². The average molecular weight is 309 g/mol. The Morgan fingerprint density at radius 1 is 1.14 bits per heavy atom. The van der Waals surface area contributed by atoms with E-state index >= 15 is 0 Å². The Hall–Kier alpha value is -2.07. The maximum atomic E-state index is 13.9. The van der Waals surface area contributed by atoms with Crippen molar-refractivity contribution in [2.75, 3.05) is 14.2 Å². The van der Waals surface area contributed by atoms with Gasteiger partial charge in [-0.25, -0.2) is 4.39 Å². The minimum atomic E-state index is -0.575. The lowest BCUT2D eigenvalue weighted by molar-refractivity contribution is 0.0988. The Bertz CT molecular complexity index is 671. The first-order valence-corrected chi connectivity index (χ1v) is 6.63. The molecule has 21 heavy (non-hydrogen) atoms. The lowest BCUT2D eigenvalue weighted by Gasteiger charge is -2.12. The van der Waals surface area contributed by atoms with Crippen molar-refractivity contribution >= 4 is 17.4 Å². The average Bonchev–Trinajstić information content (AvgIpc) is 2.50. The number of carbonyl (C=O) groups excluding carboxylic acids is 1. The zero-order valence-corrected chi connectivity index (χ0v) is 12.4. The van der Waals surface area contributed by atoms with Gasteiger partial charge in [0.15, 0.2) is 17.3 Å². The maximum absolute atomic E-state index is 13.9. The second-order valence-electron chi connectivity index (χ2n) is 4.35. The summed E-state index contributed by atoms with van der Waals surface area (Å²) >= 11 is 5.72. The second-order valence-corrected chi connectivity index (χ2v) is 4.76. The van der Waals surface area contributed by atoms with Crippen molar-refractivity contribution in [1.82, 2.24) is 0 Å². The molecule has 0 atom stereocenters. The molecular weight excluding hydrogens is 295 g/mol. The first-order chi connectivity index (χ1) is 10.1. The number of para-hydroxylation sites is 1. The van der Waals surface area contributed by atoms with E-state index in [2.05, 4.69) is 0 Å². The highest BCUT2D eigenvalue weighted by Gasteiger charge is 2.18. The van der Waals surface area contributed by atoms with E-state index in [0.717, 1.165) is 0 Å². The zero-order valence-electron chi connectivity index (χ0n) is 11.7. The Morgan fingerprint density at radius 2 is 1.86 bits per heavy atom. The minimum absolute atomic E-state index is 0.00194. The van der Waals surface area contributed by atoms with Crippen LogP contribution in [-0.4, -0.2) is 20.0 Å². The Kier molecular flexibility index (Phi) is 4.81. The van der Waals surface area contributed by atoms with Gasteiger partial charge in [0.25, 0.3) is 0 Å². The van der Waals surface area contributed by atoms with Crippen LogP contribution in [0, 0.1) is 5.82 Å². The number of ether oxygens (including phenoxy) is 2. The molecule has 5 heteroatoms. The van der Waals surface area contributed by atoms with Crippen LogP contribution >= 0.6 is 11.6 Å². The number of hydrogen-bond donors (Lipinski definition) is 0. The van der Waals surface area contributed by atoms with Crippen LogP contribution in [0.2, 0.25) is 5.02 Å². The molecule has 0 N–H and O–H groups in total. The lowest BCUT2D eigenvalue weighted by atomic mass is 10.0. The minimum Gasteiger partial charge on any atom is -0.493 e. The van der Waals surface area contributed by atoms with Gasteiger partial charge in [-0.2, -0.15) is 0 Å². The van der Waals surface area contributed by atoms with Crippen molar-refractivity contribution < 1.29 is 18.7 Å². The Labute approximate surface area is 127 Å². The van der Waals surface area contributed by atoms with Crippen LogP contribution in [0.1, 0.15) is 15.9 Å². The van der Waals surface area contributed by atoms with Crippen molar-refractivity contribution in [2.24, 2.45) is 0 Å². The number of carbonyl (C=O) groups is 1. The molecule has 0 unspecified atom stereocenters. The third-order valence-electron chi connectivity index (χ3n) is 3.09. The molecule has 0 saturated carbocycles. The molecule has 110 valence electrons. The smallest absolute Gasteiger partial charge is 0.171 e. The summed E-state index contributed by atoms with van der Waals surface area (Å²) in [6.07, 6.45) is -0.101. The summed E-state index contributed by atoms with van der Waals surface area (Å²) in [5.41, 5.74) is 0.591. The summed E-state index contributed by atoms with van der Waals surface area (Å²) in [4.78, 5) is 12.4. The van der Waals surface area contributed by atoms with E-state index in [1.165, 1.54) is 26.4 Å². The molecule has 2 aromatic carbocycles. The fourth-order valence-corrected chi connectivity index (χ4v) is 2.25. The summed E-state index contributed by atoms with van der Waals surface area (Å²) in [6.45, 7) is 0. The van der Waals surface area contributed by atoms with E-state index in [1.807, 2.05) is 0 Å². The van der Waals surface area contributed by atoms with Crippen LogP contribution in [0.15, 0.2) is 36.4 Å². The van der Waals surface area contributed by atoms with Crippen molar-refractivity contribution in [1.29, 1.82) is 0 Å². The fraction of sp³-hybridized carbons (Fsp3) is 0.188. The van der Waals surface area contributed by atoms with Crippen LogP contribution in [0.25, 0.3) is 0 Å². The van der Waals surface area contributed by atoms with Gasteiger partial charge in [0.05, 0.1) is 24.8 Å². The quantitative estimate of drug-likeness (QED) is 0.785. The Morgan fingerprint density at radius 3 is 2.52 bits per heavy atom. The third kappa shape index (κ3) is 3.16. The zero-order chi connectivity index (χ0) is 15.4. The highest BCUT2D eigenvalue weighted by Crippen LogP contribution is 2.31. The van der Waals surface area contributed by atoms with Gasteiger partial charge >= 0.3 is 0 Å². The van der Waals surface area contributed by atoms with Gasteiger partial charge in [0, 0.05) is 6.42 Å². The topological polar surface area (TPSA) is 35.5 Å². The molecule has 0 aliphatic carbocycles. The predicted octanol–water partition coefficient (Wildman–Crippen LogP) is 3.92. The molecule has 0 bridgehead atoms. The van der Waals surface area contributed by atoms with Crippen LogP contribution in [0.3, 0.4) is 0 Å². The van der Waals surface area contributed by atoms with E-state index in [0.29, 0.717) is 17.1 Å². The number of ketones is 1. The molecule has 3 nitrogen and oxygen atoms in total. The molecule has 0 radical (unpaired) electrons. The summed E-state index contributed by atoms with van der Waals surface area (Å²) in [7, 11) is 2.94. The van der Waals surface area contributed by atoms with Crippen LogP contribution < -0.4 is 9.47 Å². The fourth-order valence-electron chi connectivity index (χ4n) is 2.06. The van der Waals surface area contributed by atoms with Gasteiger partial charge in [-0.3, -0.25) is 4.79 Å². The van der Waals surface area contributed by atoms with Crippen molar-refractivity contribution in [3.63, 3.8) is 0 Å². The molecule has 0 fully saturated rings. The predicted molar refractivity (Wildman–Crippen MR) is 79.0 cm³/mol. The first kappa shape index (κ1) is 15.3. The van der Waals surface area contributed by atoms with E-state index in [9.17, 15) is 9.18 Å². The molecule has 0 saturated heterocycles. The molecule has 2 rings (SSSR count). The van der Waals surface area contributed by atoms with Gasteiger partial charge in [-0.15, -0.1) is 0 Å². The van der Waals surface area contributed by atoms with Crippen molar-refractivity contribution in [2.45, 2.75) is 6.42 Å². The van der Waals surface area contributed by atoms with Gasteiger partial charge < -0.3 is 9.47 Å². The van der Waals surface area contributed by atoms with Gasteiger partial charge in [0.1, 0.15) is 5.82 Å². The SMILES string of the molecule is COc1cccc(C(=O)Cc2cccc(Cl)c2F)c1OC. The lowest BCUT2D eigenvalue weighted by Crippen LogP contribution is -2.08. The molecule has 0 amide bonds. The number of Topliss-reactive ketones (excluding diaryl/α,β-unsaturated/α-hetero) is 1. The molecule has 0 spiro atoms. The molecule has 2 aromatic rings. The van der Waals surface area contributed by atoms with E-state index in [-0.39, 0.29) is 22.8 Å². The van der Waals surface area contributed by atoms with Crippen LogP contribution in [0.5, 0.6) is 11.5 Å². The van der Waals surface area contributed by atoms with Crippen LogP contribution in [-0.2, 0) is 6.42 Å². The number of hydrogen-bond acceptors (Lipinski definition) is 3. The number of rotatable bonds is 5. The number of benzene rings is 2. The normalized spacial score (nSPS) is 10.3. The van der Waals surface area contributed by atoms with Gasteiger partial charge in [0.2, 0.25) is 0 Å². The number of methoxy groups -OCH3 is 2. The molecule has 0 aliphatic heterocycles. The van der Waals surface area contributed by atoms with E-state index < -0.39 is 5.82 Å². The van der Waals surface area contributed by atoms with Crippen LogP contribution in [0.4, 0.5) is 4.39 Å². The largest absolute Gasteiger partial charge is 0.493 e. The second kappa shape index (κ2) is 6.59. The third-order valence-corrected chi connectivity index (χ3v) is 3.38. The highest BCUT2D eigenvalue weighted by molar-refractivity contribution is 6.30. The van der Waals surface area contributed by atoms with Gasteiger partial charge in [-0.1, -0.05) is 29.8 Å².